The summed E-state index contributed by atoms with van der Waals surface area (Å²) in [5, 5.41) is 24.6. The van der Waals surface area contributed by atoms with Crippen LogP contribution in [0.2, 0.25) is 0 Å². The van der Waals surface area contributed by atoms with Crippen LogP contribution in [-0.2, 0) is 22.6 Å². The van der Waals surface area contributed by atoms with E-state index in [4.69, 9.17) is 21.6 Å². The van der Waals surface area contributed by atoms with Crippen molar-refractivity contribution in [3.05, 3.63) is 71.3 Å². The molecule has 0 saturated carbocycles. The van der Waals surface area contributed by atoms with Crippen LogP contribution in [0.1, 0.15) is 81.4 Å². The van der Waals surface area contributed by atoms with Crippen molar-refractivity contribution in [2.45, 2.75) is 83.3 Å². The number of rotatable bonds is 16. The van der Waals surface area contributed by atoms with Gasteiger partial charge in [0, 0.05) is 43.8 Å². The molecule has 1 aliphatic rings. The number of aliphatic hydroxyl groups is 1. The van der Waals surface area contributed by atoms with Crippen LogP contribution in [0.25, 0.3) is 0 Å². The van der Waals surface area contributed by atoms with Gasteiger partial charge in [0.05, 0.1) is 5.71 Å². The molecule has 2 N–H and O–H groups in total. The number of aliphatic imine (C=N–C) groups is 2. The fraction of sp³-hybridized carbons (Fsp3) is 0.484. The Morgan fingerprint density at radius 1 is 1.02 bits per heavy atom. The van der Waals surface area contributed by atoms with E-state index in [0.29, 0.717) is 42.3 Å². The molecule has 40 heavy (non-hydrogen) atoms. The summed E-state index contributed by atoms with van der Waals surface area (Å²) in [5.41, 5.74) is 2.67. The van der Waals surface area contributed by atoms with Crippen LogP contribution < -0.4 is 40.0 Å². The van der Waals surface area contributed by atoms with Crippen molar-refractivity contribution in [3.8, 4) is 0 Å². The van der Waals surface area contributed by atoms with E-state index in [1.165, 1.54) is 0 Å². The maximum atomic E-state index is 13.1. The van der Waals surface area contributed by atoms with Gasteiger partial charge in [0.25, 0.3) is 0 Å². The van der Waals surface area contributed by atoms with Crippen molar-refractivity contribution in [1.29, 1.82) is 0 Å². The van der Waals surface area contributed by atoms with Crippen molar-refractivity contribution >= 4 is 34.4 Å². The Labute approximate surface area is 264 Å². The molecule has 0 radical (unpaired) electrons. The Morgan fingerprint density at radius 3 is 2.30 bits per heavy atom. The van der Waals surface area contributed by atoms with Gasteiger partial charge >= 0.3 is 29.6 Å². The second-order valence-corrected chi connectivity index (χ2v) is 10.6. The van der Waals surface area contributed by atoms with Crippen molar-refractivity contribution in [2.24, 2.45) is 15.9 Å². The number of aliphatic hydroxyl groups excluding tert-OH is 1. The standard InChI is InChI=1S/C31H40ClN3O4.Na/c1-3-5-17-31(34-27(16-18-36)28(32)35-31)20-22-12-14-23(15-13-22)21-33-29(37)25(9-4-2)19-26(30(38)39)24-10-7-6-8-11-24;/h6-8,10-15,25-26,36H,3-5,9,16-21H2,1-2H3,(H,33,37)(H,38,39);/q;+1/p-1/t25?,26-,31?;/m1./s1. The number of carboxylic acid groups (broad SMARTS) is 1. The zero-order valence-electron chi connectivity index (χ0n) is 23.9. The molecular weight excluding hydrogens is 537 g/mol. The minimum atomic E-state index is -1.16. The molecule has 1 amide bonds. The predicted octanol–water partition coefficient (Wildman–Crippen LogP) is 1.55. The van der Waals surface area contributed by atoms with Crippen molar-refractivity contribution in [3.63, 3.8) is 0 Å². The fourth-order valence-corrected chi connectivity index (χ4v) is 5.35. The zero-order chi connectivity index (χ0) is 28.3. The number of hydrogen-bond acceptors (Lipinski definition) is 6. The van der Waals surface area contributed by atoms with E-state index < -0.39 is 23.5 Å². The van der Waals surface area contributed by atoms with E-state index in [0.717, 1.165) is 36.8 Å². The summed E-state index contributed by atoms with van der Waals surface area (Å²) in [7, 11) is 0. The third kappa shape index (κ3) is 9.81. The van der Waals surface area contributed by atoms with Gasteiger partial charge in [0.15, 0.2) is 5.66 Å². The first kappa shape index (κ1) is 34.2. The Hall–Kier alpha value is -2.03. The van der Waals surface area contributed by atoms with Gasteiger partial charge in [-0.15, -0.1) is 0 Å². The van der Waals surface area contributed by atoms with Crippen molar-refractivity contribution in [2.75, 3.05) is 6.61 Å². The van der Waals surface area contributed by atoms with E-state index in [9.17, 15) is 19.8 Å². The molecule has 0 aliphatic carbocycles. The van der Waals surface area contributed by atoms with Gasteiger partial charge in [-0.05, 0) is 42.4 Å². The number of carbonyl (C=O) groups excluding carboxylic acids is 2. The summed E-state index contributed by atoms with van der Waals surface area (Å²) >= 11 is 6.35. The van der Waals surface area contributed by atoms with E-state index in [-0.39, 0.29) is 48.5 Å². The van der Waals surface area contributed by atoms with Gasteiger partial charge in [0.2, 0.25) is 5.91 Å². The van der Waals surface area contributed by atoms with Gasteiger partial charge < -0.3 is 20.3 Å². The van der Waals surface area contributed by atoms with Gasteiger partial charge in [-0.3, -0.25) is 9.79 Å². The number of amides is 1. The number of hydrogen-bond donors (Lipinski definition) is 2. The smallest absolute Gasteiger partial charge is 0.549 e. The molecule has 3 rings (SSSR count). The van der Waals surface area contributed by atoms with Gasteiger partial charge in [-0.2, -0.15) is 0 Å². The SMILES string of the molecule is CCCCC1(Cc2ccc(CNC(=O)C(CCC)C[C@@H](C(=O)[O-])c3ccccc3)cc2)N=C(Cl)C(CCO)=N1.[Na+]. The number of benzene rings is 2. The monoisotopic (exact) mass is 575 g/mol. The van der Waals surface area contributed by atoms with Crippen LogP contribution in [0.3, 0.4) is 0 Å². The summed E-state index contributed by atoms with van der Waals surface area (Å²) in [6, 6.07) is 16.9. The molecular formula is C31H39ClN3NaO4. The number of aliphatic carboxylic acids is 1. The second-order valence-electron chi connectivity index (χ2n) is 10.2. The Bertz CT molecular complexity index is 1160. The second kappa shape index (κ2) is 17.0. The molecule has 1 heterocycles. The maximum absolute atomic E-state index is 13.1. The number of unbranched alkanes of at least 4 members (excludes halogenated alkanes) is 1. The molecule has 210 valence electrons. The molecule has 7 nitrogen and oxygen atoms in total. The van der Waals surface area contributed by atoms with Gasteiger partial charge in [0.1, 0.15) is 5.17 Å². The molecule has 0 saturated heterocycles. The predicted molar refractivity (Wildman–Crippen MR) is 154 cm³/mol. The fourth-order valence-electron chi connectivity index (χ4n) is 5.05. The normalized spacial score (nSPS) is 17.8. The van der Waals surface area contributed by atoms with Crippen LogP contribution in [0.5, 0.6) is 0 Å². The summed E-state index contributed by atoms with van der Waals surface area (Å²) in [4.78, 5) is 34.4. The minimum Gasteiger partial charge on any atom is -0.549 e. The third-order valence-electron chi connectivity index (χ3n) is 7.16. The summed E-state index contributed by atoms with van der Waals surface area (Å²) in [6.07, 6.45) is 5.34. The van der Waals surface area contributed by atoms with Gasteiger partial charge in [-0.25, -0.2) is 4.99 Å². The molecule has 2 aromatic carbocycles. The average molecular weight is 576 g/mol. The zero-order valence-corrected chi connectivity index (χ0v) is 26.6. The topological polar surface area (TPSA) is 114 Å². The first-order chi connectivity index (χ1) is 18.8. The number of carbonyl (C=O) groups is 2. The Balaban J connectivity index is 0.00000560. The number of nitrogens with zero attached hydrogens (tertiary/aromatic N) is 2. The van der Waals surface area contributed by atoms with E-state index in [1.54, 1.807) is 24.3 Å². The van der Waals surface area contributed by atoms with Crippen LogP contribution in [0, 0.1) is 5.92 Å². The molecule has 9 heteroatoms. The first-order valence-corrected chi connectivity index (χ1v) is 14.2. The largest absolute Gasteiger partial charge is 1.00 e. The maximum Gasteiger partial charge on any atom is 1.00 e. The molecule has 2 unspecified atom stereocenters. The van der Waals surface area contributed by atoms with Crippen LogP contribution in [-0.4, -0.2) is 40.1 Å². The van der Waals surface area contributed by atoms with Crippen LogP contribution in [0.4, 0.5) is 0 Å². The summed E-state index contributed by atoms with van der Waals surface area (Å²) in [5.74, 6) is -2.57. The molecule has 2 aromatic rings. The first-order valence-electron chi connectivity index (χ1n) is 13.9. The van der Waals surface area contributed by atoms with E-state index >= 15 is 0 Å². The quantitative estimate of drug-likeness (QED) is 0.296. The molecule has 1 aliphatic heterocycles. The molecule has 0 fully saturated rings. The molecule has 3 atom stereocenters. The van der Waals surface area contributed by atoms with Crippen molar-refractivity contribution < 1.29 is 49.4 Å². The number of halogens is 1. The van der Waals surface area contributed by atoms with Crippen LogP contribution >= 0.6 is 11.6 Å². The van der Waals surface area contributed by atoms with E-state index in [2.05, 4.69) is 12.2 Å². The Kier molecular flexibility index (Phi) is 14.6. The summed E-state index contributed by atoms with van der Waals surface area (Å²) in [6.45, 7) is 4.44. The number of carboxylic acids is 1. The molecule has 0 spiro atoms. The van der Waals surface area contributed by atoms with Gasteiger partial charge in [-0.1, -0.05) is 92.9 Å². The average Bonchev–Trinajstić information content (AvgIpc) is 3.24. The minimum absolute atomic E-state index is 0. The van der Waals surface area contributed by atoms with Crippen LogP contribution in [0.15, 0.2) is 64.6 Å². The van der Waals surface area contributed by atoms with Crippen molar-refractivity contribution in [1.82, 2.24) is 5.32 Å². The third-order valence-corrected chi connectivity index (χ3v) is 7.46. The number of nitrogens with one attached hydrogen (secondary N) is 1. The Morgan fingerprint density at radius 2 is 1.70 bits per heavy atom. The van der Waals surface area contributed by atoms with E-state index in [1.807, 2.05) is 37.3 Å². The molecule has 0 aromatic heterocycles. The summed E-state index contributed by atoms with van der Waals surface area (Å²) < 4.78 is 0. The molecule has 0 bridgehead atoms.